The van der Waals surface area contributed by atoms with Crippen LogP contribution in [-0.4, -0.2) is 72.5 Å². The molecule has 0 bridgehead atoms. The third kappa shape index (κ3) is 4.58. The van der Waals surface area contributed by atoms with Gasteiger partial charge in [-0.3, -0.25) is 9.80 Å². The van der Waals surface area contributed by atoms with Crippen molar-refractivity contribution in [3.63, 3.8) is 0 Å². The lowest BCUT2D eigenvalue weighted by Crippen LogP contribution is -2.42. The van der Waals surface area contributed by atoms with Crippen LogP contribution in [0.25, 0.3) is 0 Å². The quantitative estimate of drug-likeness (QED) is 0.808. The Hall–Kier alpha value is -1.14. The molecule has 3 fully saturated rings. The standard InChI is InChI=1S/C21H32N2O3/c24-19(16-22-10-12-25-13-11-22)17-26-20-5-3-4-18(14-20)15-23-9-2-1-6-21(23)7-8-21/h3-5,14,19,24H,1-2,6-13,15-17H2. The fourth-order valence-electron chi connectivity index (χ4n) is 4.39. The molecule has 3 aliphatic rings. The van der Waals surface area contributed by atoms with Crippen molar-refractivity contribution in [2.45, 2.75) is 50.3 Å². The second-order valence-corrected chi connectivity index (χ2v) is 8.13. The maximum Gasteiger partial charge on any atom is 0.119 e. The van der Waals surface area contributed by atoms with Crippen molar-refractivity contribution in [3.05, 3.63) is 29.8 Å². The molecule has 2 saturated heterocycles. The van der Waals surface area contributed by atoms with E-state index in [1.54, 1.807) is 0 Å². The molecule has 1 atom stereocenters. The van der Waals surface area contributed by atoms with E-state index in [-0.39, 0.29) is 0 Å². The van der Waals surface area contributed by atoms with Crippen molar-refractivity contribution in [1.82, 2.24) is 9.80 Å². The van der Waals surface area contributed by atoms with E-state index in [4.69, 9.17) is 9.47 Å². The summed E-state index contributed by atoms with van der Waals surface area (Å²) < 4.78 is 11.2. The zero-order valence-corrected chi connectivity index (χ0v) is 15.7. The van der Waals surface area contributed by atoms with Crippen molar-refractivity contribution in [3.8, 4) is 5.75 Å². The molecule has 1 aliphatic carbocycles. The van der Waals surface area contributed by atoms with Crippen LogP contribution in [0.15, 0.2) is 24.3 Å². The number of ether oxygens (including phenoxy) is 2. The summed E-state index contributed by atoms with van der Waals surface area (Å²) >= 11 is 0. The summed E-state index contributed by atoms with van der Waals surface area (Å²) in [7, 11) is 0. The van der Waals surface area contributed by atoms with Gasteiger partial charge in [0.25, 0.3) is 0 Å². The zero-order valence-electron chi connectivity index (χ0n) is 15.7. The molecule has 1 unspecified atom stereocenters. The van der Waals surface area contributed by atoms with Crippen LogP contribution >= 0.6 is 0 Å². The molecule has 1 spiro atoms. The molecule has 5 heteroatoms. The highest BCUT2D eigenvalue weighted by atomic mass is 16.5. The number of likely N-dealkylation sites (tertiary alicyclic amines) is 1. The predicted octanol–water partition coefficient (Wildman–Crippen LogP) is 2.28. The van der Waals surface area contributed by atoms with Crippen molar-refractivity contribution in [2.24, 2.45) is 0 Å². The fraction of sp³-hybridized carbons (Fsp3) is 0.714. The summed E-state index contributed by atoms with van der Waals surface area (Å²) in [6, 6.07) is 8.41. The molecule has 26 heavy (non-hydrogen) atoms. The Balaban J connectivity index is 1.27. The topological polar surface area (TPSA) is 45.2 Å². The van der Waals surface area contributed by atoms with Gasteiger partial charge in [0.05, 0.1) is 13.2 Å². The van der Waals surface area contributed by atoms with E-state index in [0.717, 1.165) is 38.6 Å². The average Bonchev–Trinajstić information content (AvgIpc) is 3.44. The van der Waals surface area contributed by atoms with E-state index in [9.17, 15) is 5.11 Å². The summed E-state index contributed by atoms with van der Waals surface area (Å²) in [6.45, 7) is 6.54. The number of aliphatic hydroxyl groups excluding tert-OH is 1. The molecular weight excluding hydrogens is 328 g/mol. The summed E-state index contributed by atoms with van der Waals surface area (Å²) in [4.78, 5) is 4.92. The largest absolute Gasteiger partial charge is 0.491 e. The van der Waals surface area contributed by atoms with Crippen molar-refractivity contribution >= 4 is 0 Å². The molecule has 2 heterocycles. The number of rotatable bonds is 7. The number of piperidine rings is 1. The van der Waals surface area contributed by atoms with Gasteiger partial charge in [0.2, 0.25) is 0 Å². The molecule has 144 valence electrons. The Morgan fingerprint density at radius 2 is 1.96 bits per heavy atom. The first-order chi connectivity index (χ1) is 12.7. The Morgan fingerprint density at radius 3 is 2.77 bits per heavy atom. The van der Waals surface area contributed by atoms with Crippen LogP contribution in [0.2, 0.25) is 0 Å². The van der Waals surface area contributed by atoms with Gasteiger partial charge in [0, 0.05) is 31.7 Å². The number of benzene rings is 1. The van der Waals surface area contributed by atoms with Crippen molar-refractivity contribution in [2.75, 3.05) is 46.0 Å². The number of hydrogen-bond donors (Lipinski definition) is 1. The Kier molecular flexibility index (Phi) is 5.79. The van der Waals surface area contributed by atoms with E-state index in [2.05, 4.69) is 28.0 Å². The van der Waals surface area contributed by atoms with Gasteiger partial charge in [-0.15, -0.1) is 0 Å². The van der Waals surface area contributed by atoms with Gasteiger partial charge in [-0.2, -0.15) is 0 Å². The summed E-state index contributed by atoms with van der Waals surface area (Å²) in [6.07, 6.45) is 6.37. The first kappa shape index (κ1) is 18.2. The second kappa shape index (κ2) is 8.26. The predicted molar refractivity (Wildman–Crippen MR) is 101 cm³/mol. The number of hydrogen-bond acceptors (Lipinski definition) is 5. The van der Waals surface area contributed by atoms with Gasteiger partial charge in [0.1, 0.15) is 18.5 Å². The van der Waals surface area contributed by atoms with Gasteiger partial charge >= 0.3 is 0 Å². The molecule has 1 aromatic rings. The van der Waals surface area contributed by atoms with Crippen LogP contribution < -0.4 is 4.74 Å². The number of nitrogens with zero attached hydrogens (tertiary/aromatic N) is 2. The van der Waals surface area contributed by atoms with E-state index in [1.165, 1.54) is 44.2 Å². The van der Waals surface area contributed by atoms with Crippen LogP contribution in [-0.2, 0) is 11.3 Å². The highest BCUT2D eigenvalue weighted by molar-refractivity contribution is 5.29. The van der Waals surface area contributed by atoms with Gasteiger partial charge in [0.15, 0.2) is 0 Å². The van der Waals surface area contributed by atoms with Crippen LogP contribution in [0, 0.1) is 0 Å². The first-order valence-corrected chi connectivity index (χ1v) is 10.2. The SMILES string of the molecule is OC(COc1cccc(CN2CCCCC23CC3)c1)CN1CCOCC1. The number of β-amino-alcohol motifs (C(OH)–C–C–N with tert-alkyl or cyclic N) is 1. The maximum atomic E-state index is 10.3. The molecule has 2 aliphatic heterocycles. The Bertz CT molecular complexity index is 584. The summed E-state index contributed by atoms with van der Waals surface area (Å²) in [5, 5.41) is 10.3. The van der Waals surface area contributed by atoms with Gasteiger partial charge in [-0.05, 0) is 49.9 Å². The Morgan fingerprint density at radius 1 is 1.12 bits per heavy atom. The molecule has 0 amide bonds. The van der Waals surface area contributed by atoms with Crippen LogP contribution in [0.3, 0.4) is 0 Å². The van der Waals surface area contributed by atoms with Gasteiger partial charge in [-0.25, -0.2) is 0 Å². The number of aliphatic hydroxyl groups is 1. The Labute approximate surface area is 156 Å². The molecule has 1 N–H and O–H groups in total. The molecule has 0 aromatic heterocycles. The maximum absolute atomic E-state index is 10.3. The monoisotopic (exact) mass is 360 g/mol. The van der Waals surface area contributed by atoms with Crippen LogP contribution in [0.5, 0.6) is 5.75 Å². The lowest BCUT2D eigenvalue weighted by Gasteiger charge is -2.36. The minimum Gasteiger partial charge on any atom is -0.491 e. The van der Waals surface area contributed by atoms with Crippen LogP contribution in [0.4, 0.5) is 0 Å². The van der Waals surface area contributed by atoms with Crippen LogP contribution in [0.1, 0.15) is 37.7 Å². The molecule has 1 aromatic carbocycles. The zero-order chi connectivity index (χ0) is 17.8. The van der Waals surface area contributed by atoms with Gasteiger partial charge < -0.3 is 14.6 Å². The molecule has 5 nitrogen and oxygen atoms in total. The highest BCUT2D eigenvalue weighted by Crippen LogP contribution is 2.48. The first-order valence-electron chi connectivity index (χ1n) is 10.2. The molecule has 1 saturated carbocycles. The minimum absolute atomic E-state index is 0.342. The lowest BCUT2D eigenvalue weighted by atomic mass is 9.99. The van der Waals surface area contributed by atoms with Gasteiger partial charge in [-0.1, -0.05) is 18.6 Å². The van der Waals surface area contributed by atoms with E-state index >= 15 is 0 Å². The summed E-state index contributed by atoms with van der Waals surface area (Å²) in [5.41, 5.74) is 1.84. The smallest absolute Gasteiger partial charge is 0.119 e. The lowest BCUT2D eigenvalue weighted by molar-refractivity contribution is 0.00464. The fourth-order valence-corrected chi connectivity index (χ4v) is 4.39. The highest BCUT2D eigenvalue weighted by Gasteiger charge is 2.48. The third-order valence-electron chi connectivity index (χ3n) is 6.11. The molecule has 4 rings (SSSR count). The number of morpholine rings is 1. The molecule has 0 radical (unpaired) electrons. The van der Waals surface area contributed by atoms with E-state index in [0.29, 0.717) is 18.7 Å². The van der Waals surface area contributed by atoms with Crippen molar-refractivity contribution < 1.29 is 14.6 Å². The normalized spacial score (nSPS) is 24.5. The second-order valence-electron chi connectivity index (χ2n) is 8.13. The van der Waals surface area contributed by atoms with E-state index < -0.39 is 6.10 Å². The summed E-state index contributed by atoms with van der Waals surface area (Å²) in [5.74, 6) is 0.866. The molecular formula is C21H32N2O3. The van der Waals surface area contributed by atoms with Crippen molar-refractivity contribution in [1.29, 1.82) is 0 Å². The third-order valence-corrected chi connectivity index (χ3v) is 6.11. The minimum atomic E-state index is -0.464. The average molecular weight is 360 g/mol. The van der Waals surface area contributed by atoms with E-state index in [1.807, 2.05) is 6.07 Å².